The number of hydrogen-bond donors (Lipinski definition) is 2. The van der Waals surface area contributed by atoms with Crippen LogP contribution in [0.15, 0.2) is 28.6 Å². The molecule has 0 bridgehead atoms. The molecule has 0 spiro atoms. The maximum Gasteiger partial charge on any atom is 0.248 e. The Morgan fingerprint density at radius 1 is 1.28 bits per heavy atom. The lowest BCUT2D eigenvalue weighted by Crippen LogP contribution is -2.44. The smallest absolute Gasteiger partial charge is 0.248 e. The number of nitrogens with one attached hydrogen (secondary N) is 2. The number of rotatable bonds is 7. The number of thioether (sulfide) groups is 1. The molecule has 2 rings (SSSR count). The van der Waals surface area contributed by atoms with Gasteiger partial charge in [0.1, 0.15) is 17.7 Å². The minimum atomic E-state index is -0.757. The first-order valence-electron chi connectivity index (χ1n) is 7.46. The number of thiazole rings is 1. The summed E-state index contributed by atoms with van der Waals surface area (Å²) in [6.45, 7) is 1.75. The van der Waals surface area contributed by atoms with Crippen molar-refractivity contribution in [1.29, 1.82) is 0 Å². The van der Waals surface area contributed by atoms with Gasteiger partial charge in [-0.25, -0.2) is 13.8 Å². The highest BCUT2D eigenvalue weighted by atomic mass is 32.2. The summed E-state index contributed by atoms with van der Waals surface area (Å²) in [5.74, 6) is -2.37. The topological polar surface area (TPSA) is 71.1 Å². The SMILES string of the molecule is CCC(NC(=O)Cc1cc(F)cc(F)c1)C(=O)Nc1ncc(SC)s1. The standard InChI is InChI=1S/C16H17F2N3O2S2/c1-3-12(15(23)21-16-19-8-14(24-2)25-16)20-13(22)6-9-4-10(17)7-11(18)5-9/h4-5,7-8,12H,3,6H2,1-2H3,(H,20,22)(H,19,21,23). The first kappa shape index (κ1) is 19.3. The Labute approximate surface area is 152 Å². The molecule has 0 radical (unpaired) electrons. The molecule has 9 heteroatoms. The van der Waals surface area contributed by atoms with Gasteiger partial charge in [-0.1, -0.05) is 18.3 Å². The molecule has 0 aliphatic rings. The molecule has 0 saturated heterocycles. The summed E-state index contributed by atoms with van der Waals surface area (Å²) in [5.41, 5.74) is 0.204. The predicted octanol–water partition coefficient (Wildman–Crippen LogP) is 3.22. The monoisotopic (exact) mass is 385 g/mol. The zero-order valence-electron chi connectivity index (χ0n) is 13.6. The van der Waals surface area contributed by atoms with Gasteiger partial charge in [-0.3, -0.25) is 9.59 Å². The second-order valence-corrected chi connectivity index (χ2v) is 7.30. The van der Waals surface area contributed by atoms with Gasteiger partial charge in [0.2, 0.25) is 11.8 Å². The minimum absolute atomic E-state index is 0.204. The highest BCUT2D eigenvalue weighted by Crippen LogP contribution is 2.26. The molecule has 0 fully saturated rings. The highest BCUT2D eigenvalue weighted by molar-refractivity contribution is 8.00. The van der Waals surface area contributed by atoms with Crippen LogP contribution in [0, 0.1) is 11.6 Å². The minimum Gasteiger partial charge on any atom is -0.344 e. The van der Waals surface area contributed by atoms with Crippen LogP contribution in [0.3, 0.4) is 0 Å². The van der Waals surface area contributed by atoms with Gasteiger partial charge in [0.25, 0.3) is 0 Å². The van der Waals surface area contributed by atoms with Crippen molar-refractivity contribution in [1.82, 2.24) is 10.3 Å². The Balaban J connectivity index is 1.95. The van der Waals surface area contributed by atoms with Gasteiger partial charge < -0.3 is 10.6 Å². The summed E-state index contributed by atoms with van der Waals surface area (Å²) in [6.07, 6.45) is 3.72. The van der Waals surface area contributed by atoms with Crippen LogP contribution in [-0.4, -0.2) is 29.1 Å². The molecule has 1 aromatic carbocycles. The molecule has 1 atom stereocenters. The third-order valence-electron chi connectivity index (χ3n) is 3.26. The van der Waals surface area contributed by atoms with Crippen LogP contribution in [0.5, 0.6) is 0 Å². The maximum atomic E-state index is 13.2. The molecule has 5 nitrogen and oxygen atoms in total. The van der Waals surface area contributed by atoms with Gasteiger partial charge in [-0.2, -0.15) is 0 Å². The number of hydrogen-bond acceptors (Lipinski definition) is 5. The van der Waals surface area contributed by atoms with Crippen LogP contribution in [0.25, 0.3) is 0 Å². The number of aromatic nitrogens is 1. The van der Waals surface area contributed by atoms with Crippen molar-refractivity contribution in [2.45, 2.75) is 30.0 Å². The maximum absolute atomic E-state index is 13.2. The Morgan fingerprint density at radius 3 is 2.52 bits per heavy atom. The molecular weight excluding hydrogens is 368 g/mol. The quantitative estimate of drug-likeness (QED) is 0.718. The average Bonchev–Trinajstić information content (AvgIpc) is 2.99. The van der Waals surface area contributed by atoms with Gasteiger partial charge >= 0.3 is 0 Å². The number of nitrogens with zero attached hydrogens (tertiary/aromatic N) is 1. The van der Waals surface area contributed by atoms with Crippen LogP contribution in [-0.2, 0) is 16.0 Å². The van der Waals surface area contributed by atoms with Crippen molar-refractivity contribution in [3.8, 4) is 0 Å². The van der Waals surface area contributed by atoms with Crippen molar-refractivity contribution in [2.75, 3.05) is 11.6 Å². The Kier molecular flexibility index (Phi) is 6.89. The zero-order chi connectivity index (χ0) is 18.4. The van der Waals surface area contributed by atoms with E-state index in [1.165, 1.54) is 23.1 Å². The summed E-state index contributed by atoms with van der Waals surface area (Å²) in [6, 6.07) is 2.15. The van der Waals surface area contributed by atoms with Gasteiger partial charge in [0.05, 0.1) is 16.8 Å². The van der Waals surface area contributed by atoms with Gasteiger partial charge in [0.15, 0.2) is 5.13 Å². The van der Waals surface area contributed by atoms with E-state index in [4.69, 9.17) is 0 Å². The van der Waals surface area contributed by atoms with Crippen molar-refractivity contribution < 1.29 is 18.4 Å². The second kappa shape index (κ2) is 8.91. The van der Waals surface area contributed by atoms with Crippen molar-refractivity contribution in [3.63, 3.8) is 0 Å². The molecule has 0 aliphatic heterocycles. The lowest BCUT2D eigenvalue weighted by atomic mass is 10.1. The first-order valence-corrected chi connectivity index (χ1v) is 9.50. The van der Waals surface area contributed by atoms with Gasteiger partial charge in [-0.05, 0) is 30.4 Å². The predicted molar refractivity (Wildman–Crippen MR) is 94.8 cm³/mol. The van der Waals surface area contributed by atoms with E-state index < -0.39 is 23.6 Å². The number of anilines is 1. The van der Waals surface area contributed by atoms with E-state index in [1.54, 1.807) is 13.1 Å². The van der Waals surface area contributed by atoms with E-state index in [0.717, 1.165) is 22.4 Å². The largest absolute Gasteiger partial charge is 0.344 e. The van der Waals surface area contributed by atoms with Crippen LogP contribution in [0.1, 0.15) is 18.9 Å². The molecular formula is C16H17F2N3O2S2. The third-order valence-corrected chi connectivity index (χ3v) is 5.23. The Hall–Kier alpha value is -2.00. The van der Waals surface area contributed by atoms with Crippen LogP contribution in [0.2, 0.25) is 0 Å². The Bertz CT molecular complexity index is 747. The average molecular weight is 385 g/mol. The number of amides is 2. The summed E-state index contributed by atoms with van der Waals surface area (Å²) in [7, 11) is 0. The first-order chi connectivity index (χ1) is 11.9. The second-order valence-electron chi connectivity index (χ2n) is 5.16. The van der Waals surface area contributed by atoms with E-state index in [-0.39, 0.29) is 17.9 Å². The molecule has 1 heterocycles. The fraction of sp³-hybridized carbons (Fsp3) is 0.312. The number of carbonyl (C=O) groups excluding carboxylic acids is 2. The fourth-order valence-electron chi connectivity index (χ4n) is 2.10. The molecule has 2 amide bonds. The van der Waals surface area contributed by atoms with Crippen molar-refractivity contribution in [2.24, 2.45) is 0 Å². The summed E-state index contributed by atoms with van der Waals surface area (Å²) in [4.78, 5) is 28.4. The van der Waals surface area contributed by atoms with E-state index in [9.17, 15) is 18.4 Å². The van der Waals surface area contributed by atoms with Crippen molar-refractivity contribution >= 4 is 40.0 Å². The Morgan fingerprint density at radius 2 is 1.96 bits per heavy atom. The molecule has 0 saturated carbocycles. The fourth-order valence-corrected chi connectivity index (χ4v) is 3.38. The normalized spacial score (nSPS) is 11.8. The molecule has 2 aromatic rings. The molecule has 1 unspecified atom stereocenters. The summed E-state index contributed by atoms with van der Waals surface area (Å²) >= 11 is 2.86. The molecule has 0 aliphatic carbocycles. The number of benzene rings is 1. The van der Waals surface area contributed by atoms with Crippen LogP contribution in [0.4, 0.5) is 13.9 Å². The van der Waals surface area contributed by atoms with Crippen molar-refractivity contribution in [3.05, 3.63) is 41.6 Å². The van der Waals surface area contributed by atoms with E-state index in [0.29, 0.717) is 11.6 Å². The molecule has 134 valence electrons. The molecule has 25 heavy (non-hydrogen) atoms. The van der Waals surface area contributed by atoms with Crippen LogP contribution >= 0.6 is 23.1 Å². The molecule has 1 aromatic heterocycles. The van der Waals surface area contributed by atoms with Crippen LogP contribution < -0.4 is 10.6 Å². The third kappa shape index (κ3) is 5.79. The lowest BCUT2D eigenvalue weighted by molar-refractivity contribution is -0.126. The molecule has 2 N–H and O–H groups in total. The van der Waals surface area contributed by atoms with E-state index in [1.807, 2.05) is 6.26 Å². The van der Waals surface area contributed by atoms with E-state index >= 15 is 0 Å². The summed E-state index contributed by atoms with van der Waals surface area (Å²) < 4.78 is 27.3. The zero-order valence-corrected chi connectivity index (χ0v) is 15.3. The number of halogens is 2. The summed E-state index contributed by atoms with van der Waals surface area (Å²) in [5, 5.41) is 5.68. The van der Waals surface area contributed by atoms with Gasteiger partial charge in [0, 0.05) is 6.07 Å². The van der Waals surface area contributed by atoms with Gasteiger partial charge in [-0.15, -0.1) is 11.8 Å². The highest BCUT2D eigenvalue weighted by Gasteiger charge is 2.20. The van der Waals surface area contributed by atoms with E-state index in [2.05, 4.69) is 15.6 Å². The number of carbonyl (C=O) groups is 2. The lowest BCUT2D eigenvalue weighted by Gasteiger charge is -2.16.